The zero-order valence-electron chi connectivity index (χ0n) is 11.2. The Morgan fingerprint density at radius 2 is 1.94 bits per heavy atom. The molecule has 0 atom stereocenters. The van der Waals surface area contributed by atoms with Crippen molar-refractivity contribution in [1.29, 1.82) is 0 Å². The number of ether oxygens (including phenoxy) is 1. The van der Waals surface area contributed by atoms with E-state index in [4.69, 9.17) is 16.3 Å². The van der Waals surface area contributed by atoms with Crippen molar-refractivity contribution in [3.8, 4) is 5.75 Å². The summed E-state index contributed by atoms with van der Waals surface area (Å²) in [5.74, 6) is 0.932. The molecule has 0 saturated carbocycles. The third-order valence-corrected chi connectivity index (χ3v) is 3.06. The van der Waals surface area contributed by atoms with Crippen LogP contribution in [0.2, 0.25) is 0 Å². The first-order chi connectivity index (χ1) is 8.56. The molecule has 0 bridgehead atoms. The number of hydrogen-bond acceptors (Lipinski definition) is 2. The number of hydrogen-bond donors (Lipinski definition) is 0. The highest BCUT2D eigenvalue weighted by Crippen LogP contribution is 2.22. The predicted molar refractivity (Wildman–Crippen MR) is 74.4 cm³/mol. The molecule has 0 saturated heterocycles. The van der Waals surface area contributed by atoms with Crippen molar-refractivity contribution in [3.05, 3.63) is 29.3 Å². The average Bonchev–Trinajstić information content (AvgIpc) is 2.36. The van der Waals surface area contributed by atoms with Gasteiger partial charge in [0.15, 0.2) is 0 Å². The van der Waals surface area contributed by atoms with Crippen molar-refractivity contribution < 1.29 is 9.53 Å². The number of aryl methyl sites for hydroxylation is 2. The van der Waals surface area contributed by atoms with Crippen molar-refractivity contribution in [1.82, 2.24) is 4.90 Å². The van der Waals surface area contributed by atoms with Crippen LogP contribution in [0.4, 0.5) is 0 Å². The predicted octanol–water partition coefficient (Wildman–Crippen LogP) is 2.77. The highest BCUT2D eigenvalue weighted by Gasteiger charge is 2.07. The van der Waals surface area contributed by atoms with Crippen LogP contribution in [0.3, 0.4) is 0 Å². The maximum Gasteiger partial charge on any atom is 0.237 e. The van der Waals surface area contributed by atoms with Gasteiger partial charge in [-0.05, 0) is 31.4 Å². The lowest BCUT2D eigenvalue weighted by Gasteiger charge is -2.16. The van der Waals surface area contributed by atoms with Gasteiger partial charge in [0.05, 0.1) is 6.61 Å². The summed E-state index contributed by atoms with van der Waals surface area (Å²) in [5.41, 5.74) is 2.28. The molecule has 100 valence electrons. The van der Waals surface area contributed by atoms with Gasteiger partial charge in [0.1, 0.15) is 11.6 Å². The SMILES string of the molecule is Cc1cccc(C)c1OCCCN(C)C(=O)CCl. The summed E-state index contributed by atoms with van der Waals surface area (Å²) in [6.45, 7) is 5.33. The van der Waals surface area contributed by atoms with Gasteiger partial charge in [-0.3, -0.25) is 4.79 Å². The van der Waals surface area contributed by atoms with Gasteiger partial charge in [0.2, 0.25) is 5.91 Å². The van der Waals surface area contributed by atoms with Crippen molar-refractivity contribution in [2.75, 3.05) is 26.1 Å². The van der Waals surface area contributed by atoms with Crippen LogP contribution < -0.4 is 4.74 Å². The Labute approximate surface area is 114 Å². The van der Waals surface area contributed by atoms with Crippen LogP contribution in [0, 0.1) is 13.8 Å². The van der Waals surface area contributed by atoms with Gasteiger partial charge in [-0.25, -0.2) is 0 Å². The Bertz CT molecular complexity index is 387. The minimum absolute atomic E-state index is 0.0360. The molecule has 1 aromatic carbocycles. The molecule has 0 aromatic heterocycles. The summed E-state index contributed by atoms with van der Waals surface area (Å²) in [5, 5.41) is 0. The zero-order valence-corrected chi connectivity index (χ0v) is 12.0. The average molecular weight is 270 g/mol. The van der Waals surface area contributed by atoms with Gasteiger partial charge >= 0.3 is 0 Å². The van der Waals surface area contributed by atoms with E-state index >= 15 is 0 Å². The second kappa shape index (κ2) is 7.27. The lowest BCUT2D eigenvalue weighted by atomic mass is 10.1. The van der Waals surface area contributed by atoms with E-state index in [1.54, 1.807) is 11.9 Å². The van der Waals surface area contributed by atoms with Crippen LogP contribution in [-0.2, 0) is 4.79 Å². The fourth-order valence-corrected chi connectivity index (χ4v) is 1.93. The second-order valence-electron chi connectivity index (χ2n) is 4.37. The standard InChI is InChI=1S/C14H20ClNO2/c1-11-6-4-7-12(2)14(11)18-9-5-8-16(3)13(17)10-15/h4,6-7H,5,8-10H2,1-3H3. The first-order valence-corrected chi connectivity index (χ1v) is 6.58. The molecular formula is C14H20ClNO2. The molecular weight excluding hydrogens is 250 g/mol. The zero-order chi connectivity index (χ0) is 13.5. The number of carbonyl (C=O) groups is 1. The van der Waals surface area contributed by atoms with E-state index in [-0.39, 0.29) is 11.8 Å². The Morgan fingerprint density at radius 3 is 2.50 bits per heavy atom. The van der Waals surface area contributed by atoms with Crippen molar-refractivity contribution in [3.63, 3.8) is 0 Å². The van der Waals surface area contributed by atoms with Crippen LogP contribution in [0.1, 0.15) is 17.5 Å². The topological polar surface area (TPSA) is 29.5 Å². The number of halogens is 1. The fraction of sp³-hybridized carbons (Fsp3) is 0.500. The lowest BCUT2D eigenvalue weighted by molar-refractivity contribution is -0.127. The minimum atomic E-state index is -0.0521. The smallest absolute Gasteiger partial charge is 0.237 e. The second-order valence-corrected chi connectivity index (χ2v) is 4.64. The van der Waals surface area contributed by atoms with Gasteiger partial charge < -0.3 is 9.64 Å². The van der Waals surface area contributed by atoms with E-state index < -0.39 is 0 Å². The van der Waals surface area contributed by atoms with Crippen LogP contribution >= 0.6 is 11.6 Å². The maximum absolute atomic E-state index is 11.2. The molecule has 1 aromatic rings. The molecule has 1 amide bonds. The van der Waals surface area contributed by atoms with Crippen molar-refractivity contribution in [2.24, 2.45) is 0 Å². The van der Waals surface area contributed by atoms with Crippen molar-refractivity contribution >= 4 is 17.5 Å². The molecule has 0 heterocycles. The fourth-order valence-electron chi connectivity index (χ4n) is 1.73. The molecule has 4 heteroatoms. The molecule has 0 fully saturated rings. The molecule has 0 spiro atoms. The van der Waals surface area contributed by atoms with E-state index in [1.807, 2.05) is 32.0 Å². The molecule has 0 aliphatic carbocycles. The normalized spacial score (nSPS) is 10.2. The Balaban J connectivity index is 2.36. The largest absolute Gasteiger partial charge is 0.493 e. The summed E-state index contributed by atoms with van der Waals surface area (Å²) < 4.78 is 5.76. The number of rotatable bonds is 6. The molecule has 1 rings (SSSR count). The Morgan fingerprint density at radius 1 is 1.33 bits per heavy atom. The highest BCUT2D eigenvalue weighted by atomic mass is 35.5. The monoisotopic (exact) mass is 269 g/mol. The van der Waals surface area contributed by atoms with Gasteiger partial charge in [0, 0.05) is 13.6 Å². The van der Waals surface area contributed by atoms with Gasteiger partial charge in [-0.15, -0.1) is 11.6 Å². The molecule has 0 radical (unpaired) electrons. The lowest BCUT2D eigenvalue weighted by Crippen LogP contribution is -2.29. The number of alkyl halides is 1. The number of benzene rings is 1. The highest BCUT2D eigenvalue weighted by molar-refractivity contribution is 6.27. The van der Waals surface area contributed by atoms with Crippen LogP contribution in [0.15, 0.2) is 18.2 Å². The number of para-hydroxylation sites is 1. The number of carbonyl (C=O) groups excluding carboxylic acids is 1. The molecule has 18 heavy (non-hydrogen) atoms. The molecule has 0 N–H and O–H groups in total. The Hall–Kier alpha value is -1.22. The van der Waals surface area contributed by atoms with E-state index in [9.17, 15) is 4.79 Å². The van der Waals surface area contributed by atoms with E-state index in [0.717, 1.165) is 23.3 Å². The quantitative estimate of drug-likeness (QED) is 0.587. The summed E-state index contributed by atoms with van der Waals surface area (Å²) in [6, 6.07) is 6.08. The maximum atomic E-state index is 11.2. The van der Waals surface area contributed by atoms with Crippen LogP contribution in [-0.4, -0.2) is 36.9 Å². The van der Waals surface area contributed by atoms with Gasteiger partial charge in [-0.1, -0.05) is 18.2 Å². The van der Waals surface area contributed by atoms with Gasteiger partial charge in [-0.2, -0.15) is 0 Å². The van der Waals surface area contributed by atoms with Gasteiger partial charge in [0.25, 0.3) is 0 Å². The summed E-state index contributed by atoms with van der Waals surface area (Å²) in [6.07, 6.45) is 0.799. The minimum Gasteiger partial charge on any atom is -0.493 e. The van der Waals surface area contributed by atoms with Crippen LogP contribution in [0.25, 0.3) is 0 Å². The molecule has 0 unspecified atom stereocenters. The third kappa shape index (κ3) is 4.22. The third-order valence-electron chi connectivity index (χ3n) is 2.83. The first-order valence-electron chi connectivity index (χ1n) is 6.05. The molecule has 0 aliphatic rings. The number of nitrogens with zero attached hydrogens (tertiary/aromatic N) is 1. The summed E-state index contributed by atoms with van der Waals surface area (Å²) >= 11 is 5.47. The van der Waals surface area contributed by atoms with E-state index in [1.165, 1.54) is 0 Å². The molecule has 3 nitrogen and oxygen atoms in total. The Kier molecular flexibility index (Phi) is 5.99. The van der Waals surface area contributed by atoms with E-state index in [2.05, 4.69) is 0 Å². The van der Waals surface area contributed by atoms with E-state index in [0.29, 0.717) is 13.2 Å². The first kappa shape index (κ1) is 14.8. The van der Waals surface area contributed by atoms with Crippen LogP contribution in [0.5, 0.6) is 5.75 Å². The van der Waals surface area contributed by atoms with Crippen molar-refractivity contribution in [2.45, 2.75) is 20.3 Å². The summed E-state index contributed by atoms with van der Waals surface area (Å²) in [4.78, 5) is 12.9. The number of amides is 1. The summed E-state index contributed by atoms with van der Waals surface area (Å²) in [7, 11) is 1.75. The molecule has 0 aliphatic heterocycles.